The number of aromatic nitrogens is 1. The van der Waals surface area contributed by atoms with Gasteiger partial charge in [0.25, 0.3) is 0 Å². The molecule has 8 heteroatoms. The number of rotatable bonds is 5. The van der Waals surface area contributed by atoms with Gasteiger partial charge in [0.15, 0.2) is 5.89 Å². The highest BCUT2D eigenvalue weighted by molar-refractivity contribution is 7.89. The summed E-state index contributed by atoms with van der Waals surface area (Å²) in [6.07, 6.45) is 1.40. The van der Waals surface area contributed by atoms with Crippen molar-refractivity contribution in [2.24, 2.45) is 0 Å². The van der Waals surface area contributed by atoms with E-state index < -0.39 is 10.0 Å². The molecule has 0 fully saturated rings. The van der Waals surface area contributed by atoms with Crippen molar-refractivity contribution in [1.29, 1.82) is 0 Å². The predicted octanol–water partition coefficient (Wildman–Crippen LogP) is 1.42. The van der Waals surface area contributed by atoms with Gasteiger partial charge >= 0.3 is 0 Å². The molecule has 0 saturated heterocycles. The molecule has 112 valence electrons. The van der Waals surface area contributed by atoms with Gasteiger partial charge in [-0.25, -0.2) is 18.1 Å². The summed E-state index contributed by atoms with van der Waals surface area (Å²) in [5, 5.41) is 2.57. The van der Waals surface area contributed by atoms with Crippen molar-refractivity contribution in [3.05, 3.63) is 42.1 Å². The van der Waals surface area contributed by atoms with Crippen molar-refractivity contribution in [3.8, 4) is 0 Å². The Bertz CT molecular complexity index is 735. The van der Waals surface area contributed by atoms with Gasteiger partial charge in [-0.2, -0.15) is 0 Å². The molecule has 0 spiro atoms. The summed E-state index contributed by atoms with van der Waals surface area (Å²) >= 11 is 0. The maximum absolute atomic E-state index is 12.1. The Labute approximate surface area is 122 Å². The fourth-order valence-electron chi connectivity index (χ4n) is 1.66. The third-order valence-corrected chi connectivity index (χ3v) is 4.01. The largest absolute Gasteiger partial charge is 0.449 e. The van der Waals surface area contributed by atoms with E-state index >= 15 is 0 Å². The van der Waals surface area contributed by atoms with Crippen molar-refractivity contribution in [3.63, 3.8) is 0 Å². The smallest absolute Gasteiger partial charge is 0.240 e. The second kappa shape index (κ2) is 6.06. The number of anilines is 1. The molecule has 0 saturated carbocycles. The van der Waals surface area contributed by atoms with Crippen LogP contribution in [0, 0.1) is 6.92 Å². The Kier molecular flexibility index (Phi) is 4.39. The first-order valence-electron chi connectivity index (χ1n) is 6.15. The summed E-state index contributed by atoms with van der Waals surface area (Å²) in [7, 11) is -3.64. The molecule has 1 aromatic carbocycles. The predicted molar refractivity (Wildman–Crippen MR) is 76.0 cm³/mol. The van der Waals surface area contributed by atoms with Crippen molar-refractivity contribution < 1.29 is 17.6 Å². The van der Waals surface area contributed by atoms with Gasteiger partial charge in [-0.3, -0.25) is 4.79 Å². The number of benzene rings is 1. The Morgan fingerprint density at radius 1 is 1.29 bits per heavy atom. The fraction of sp³-hybridized carbons (Fsp3) is 0.231. The second-order valence-corrected chi connectivity index (χ2v) is 6.15. The van der Waals surface area contributed by atoms with E-state index in [1.807, 2.05) is 0 Å². The van der Waals surface area contributed by atoms with E-state index in [2.05, 4.69) is 15.0 Å². The number of nitrogens with zero attached hydrogens (tertiary/aromatic N) is 1. The number of nitrogens with one attached hydrogen (secondary N) is 2. The minimum atomic E-state index is -3.64. The molecule has 2 aromatic rings. The summed E-state index contributed by atoms with van der Waals surface area (Å²) in [5.41, 5.74) is 1.04. The molecule has 0 unspecified atom stereocenters. The van der Waals surface area contributed by atoms with Crippen molar-refractivity contribution >= 4 is 21.6 Å². The second-order valence-electron chi connectivity index (χ2n) is 4.39. The minimum Gasteiger partial charge on any atom is -0.449 e. The maximum atomic E-state index is 12.1. The molecule has 0 radical (unpaired) electrons. The van der Waals surface area contributed by atoms with E-state index in [1.54, 1.807) is 6.92 Å². The third-order valence-electron chi connectivity index (χ3n) is 2.59. The number of amides is 1. The lowest BCUT2D eigenvalue weighted by Gasteiger charge is -2.06. The first kappa shape index (κ1) is 15.2. The quantitative estimate of drug-likeness (QED) is 0.869. The van der Waals surface area contributed by atoms with Crippen LogP contribution in [0.3, 0.4) is 0 Å². The molecule has 0 aliphatic rings. The summed E-state index contributed by atoms with van der Waals surface area (Å²) in [4.78, 5) is 15.0. The standard InChI is InChI=1S/C13H15N3O4S/c1-9(17)15-11-3-5-13(6-4-11)21(18,19)14-7-12-8-20-10(2)16-12/h3-6,8,14H,7H2,1-2H3,(H,15,17). The minimum absolute atomic E-state index is 0.0487. The van der Waals surface area contributed by atoms with Crippen molar-refractivity contribution in [2.45, 2.75) is 25.3 Å². The zero-order chi connectivity index (χ0) is 15.5. The van der Waals surface area contributed by atoms with Crippen LogP contribution in [-0.2, 0) is 21.4 Å². The highest BCUT2D eigenvalue weighted by Crippen LogP contribution is 2.14. The number of carbonyl (C=O) groups is 1. The molecule has 2 N–H and O–H groups in total. The molecule has 0 aliphatic heterocycles. The van der Waals surface area contributed by atoms with Crippen LogP contribution in [-0.4, -0.2) is 19.3 Å². The molecular weight excluding hydrogens is 294 g/mol. The van der Waals surface area contributed by atoms with Crippen LogP contribution in [0.15, 0.2) is 39.8 Å². The molecule has 0 aliphatic carbocycles. The van der Waals surface area contributed by atoms with Crippen LogP contribution in [0.1, 0.15) is 18.5 Å². The lowest BCUT2D eigenvalue weighted by molar-refractivity contribution is -0.114. The van der Waals surface area contributed by atoms with Gasteiger partial charge in [0.2, 0.25) is 15.9 Å². The fourth-order valence-corrected chi connectivity index (χ4v) is 2.66. The molecule has 0 atom stereocenters. The summed E-state index contributed by atoms with van der Waals surface area (Å²) in [6, 6.07) is 5.88. The lowest BCUT2D eigenvalue weighted by Crippen LogP contribution is -2.23. The number of hydrogen-bond donors (Lipinski definition) is 2. The van der Waals surface area contributed by atoms with Gasteiger partial charge in [0, 0.05) is 19.5 Å². The molecule has 1 amide bonds. The molecule has 7 nitrogen and oxygen atoms in total. The number of carbonyl (C=O) groups excluding carboxylic acids is 1. The Balaban J connectivity index is 2.06. The summed E-state index contributed by atoms with van der Waals surface area (Å²) < 4.78 is 31.6. The van der Waals surface area contributed by atoms with Crippen molar-refractivity contribution in [1.82, 2.24) is 9.71 Å². The summed E-state index contributed by atoms with van der Waals surface area (Å²) in [5.74, 6) is 0.258. The van der Waals surface area contributed by atoms with E-state index in [4.69, 9.17) is 4.42 Å². The molecular formula is C13H15N3O4S. The lowest BCUT2D eigenvalue weighted by atomic mass is 10.3. The van der Waals surface area contributed by atoms with E-state index in [0.717, 1.165) is 0 Å². The van der Waals surface area contributed by atoms with Crippen molar-refractivity contribution in [2.75, 3.05) is 5.32 Å². The van der Waals surface area contributed by atoms with Gasteiger partial charge in [0.05, 0.1) is 17.1 Å². The van der Waals surface area contributed by atoms with Gasteiger partial charge < -0.3 is 9.73 Å². The van der Waals surface area contributed by atoms with Gasteiger partial charge in [-0.15, -0.1) is 0 Å². The Hall–Kier alpha value is -2.19. The van der Waals surface area contributed by atoms with Crippen LogP contribution < -0.4 is 10.0 Å². The highest BCUT2D eigenvalue weighted by atomic mass is 32.2. The van der Waals surface area contributed by atoms with Crippen LogP contribution in [0.5, 0.6) is 0 Å². The zero-order valence-electron chi connectivity index (χ0n) is 11.6. The van der Waals surface area contributed by atoms with Gasteiger partial charge in [0.1, 0.15) is 6.26 Å². The van der Waals surface area contributed by atoms with E-state index in [-0.39, 0.29) is 17.3 Å². The topological polar surface area (TPSA) is 101 Å². The van der Waals surface area contributed by atoms with Crippen LogP contribution in [0.25, 0.3) is 0 Å². The summed E-state index contributed by atoms with van der Waals surface area (Å²) in [6.45, 7) is 3.11. The average Bonchev–Trinajstić information content (AvgIpc) is 2.82. The van der Waals surface area contributed by atoms with Crippen LogP contribution >= 0.6 is 0 Å². The number of oxazole rings is 1. The molecule has 2 rings (SSSR count). The Morgan fingerprint density at radius 3 is 2.48 bits per heavy atom. The monoisotopic (exact) mass is 309 g/mol. The van der Waals surface area contributed by atoms with E-state index in [1.165, 1.54) is 37.5 Å². The average molecular weight is 309 g/mol. The van der Waals surface area contributed by atoms with Gasteiger partial charge in [-0.1, -0.05) is 0 Å². The maximum Gasteiger partial charge on any atom is 0.240 e. The van der Waals surface area contributed by atoms with Crippen LogP contribution in [0.4, 0.5) is 5.69 Å². The third kappa shape index (κ3) is 4.14. The van der Waals surface area contributed by atoms with Gasteiger partial charge in [-0.05, 0) is 24.3 Å². The number of aryl methyl sites for hydroxylation is 1. The normalized spacial score (nSPS) is 11.3. The molecule has 1 aromatic heterocycles. The number of hydrogen-bond acceptors (Lipinski definition) is 5. The Morgan fingerprint density at radius 2 is 1.95 bits per heavy atom. The SMILES string of the molecule is CC(=O)Nc1ccc(S(=O)(=O)NCc2coc(C)n2)cc1. The first-order chi connectivity index (χ1) is 9.87. The number of sulfonamides is 1. The molecule has 0 bridgehead atoms. The first-order valence-corrected chi connectivity index (χ1v) is 7.63. The molecule has 1 heterocycles. The zero-order valence-corrected chi connectivity index (χ0v) is 12.4. The van der Waals surface area contributed by atoms with E-state index in [9.17, 15) is 13.2 Å². The van der Waals surface area contributed by atoms with E-state index in [0.29, 0.717) is 17.3 Å². The van der Waals surface area contributed by atoms with Crippen LogP contribution in [0.2, 0.25) is 0 Å². The molecule has 21 heavy (non-hydrogen) atoms. The highest BCUT2D eigenvalue weighted by Gasteiger charge is 2.14.